The predicted molar refractivity (Wildman–Crippen MR) is 107 cm³/mol. The first-order valence-corrected chi connectivity index (χ1v) is 10.0. The average molecular weight is 389 g/mol. The van der Waals surface area contributed by atoms with E-state index in [4.69, 9.17) is 10.5 Å². The second-order valence-electron chi connectivity index (χ2n) is 7.03. The summed E-state index contributed by atoms with van der Waals surface area (Å²) in [5.74, 6) is 0.219. The Morgan fingerprint density at radius 3 is 2.75 bits per heavy atom. The molecule has 0 radical (unpaired) electrons. The van der Waals surface area contributed by atoms with Gasteiger partial charge in [-0.1, -0.05) is 25.3 Å². The number of unbranched alkanes of at least 4 members (excludes halogenated alkanes) is 4. The average Bonchev–Trinajstić information content (AvgIpc) is 3.03. The molecule has 0 bridgehead atoms. The summed E-state index contributed by atoms with van der Waals surface area (Å²) in [6, 6.07) is 4.86. The molecule has 28 heavy (non-hydrogen) atoms. The molecule has 0 saturated carbocycles. The Morgan fingerprint density at radius 2 is 2.04 bits per heavy atom. The van der Waals surface area contributed by atoms with Crippen molar-refractivity contribution in [2.45, 2.75) is 57.5 Å². The summed E-state index contributed by atoms with van der Waals surface area (Å²) < 4.78 is 5.79. The number of nitrogens with two attached hydrogens (primary N) is 1. The van der Waals surface area contributed by atoms with Gasteiger partial charge in [-0.05, 0) is 43.5 Å². The van der Waals surface area contributed by atoms with E-state index in [1.54, 1.807) is 6.07 Å². The molecule has 1 aromatic carbocycles. The Bertz CT molecular complexity index is 678. The van der Waals surface area contributed by atoms with Crippen molar-refractivity contribution < 1.29 is 19.1 Å². The monoisotopic (exact) mass is 389 g/mol. The smallest absolute Gasteiger partial charge is 0.255 e. The Morgan fingerprint density at radius 1 is 1.29 bits per heavy atom. The highest BCUT2D eigenvalue weighted by Crippen LogP contribution is 2.29. The quantitative estimate of drug-likeness (QED) is 0.397. The molecule has 1 aliphatic heterocycles. The zero-order valence-corrected chi connectivity index (χ0v) is 16.6. The van der Waals surface area contributed by atoms with Gasteiger partial charge >= 0.3 is 0 Å². The van der Waals surface area contributed by atoms with Gasteiger partial charge in [0, 0.05) is 25.6 Å². The zero-order valence-electron chi connectivity index (χ0n) is 16.6. The summed E-state index contributed by atoms with van der Waals surface area (Å²) in [5, 5.41) is 2.58. The van der Waals surface area contributed by atoms with E-state index in [9.17, 15) is 14.4 Å². The normalized spacial score (nSPS) is 13.9. The summed E-state index contributed by atoms with van der Waals surface area (Å²) in [6.07, 6.45) is 6.75. The molecule has 1 atom stereocenters. The summed E-state index contributed by atoms with van der Waals surface area (Å²) in [6.45, 7) is 1.72. The van der Waals surface area contributed by atoms with Gasteiger partial charge in [-0.15, -0.1) is 0 Å². The molecule has 0 aliphatic carbocycles. The number of rotatable bonds is 13. The van der Waals surface area contributed by atoms with Crippen LogP contribution in [0.4, 0.5) is 0 Å². The predicted octanol–water partition coefficient (Wildman–Crippen LogP) is 2.02. The molecule has 0 saturated heterocycles. The molecule has 0 fully saturated rings. The molecular weight excluding hydrogens is 358 g/mol. The number of likely N-dealkylation sites (N-methyl/N-ethyl adjacent to an activating group) is 1. The minimum Gasteiger partial charge on any atom is -0.494 e. The van der Waals surface area contributed by atoms with Crippen LogP contribution in [-0.2, 0) is 16.1 Å². The minimum absolute atomic E-state index is 0.193. The van der Waals surface area contributed by atoms with Gasteiger partial charge in [-0.3, -0.25) is 9.59 Å². The number of hydrogen-bond donors (Lipinski definition) is 2. The second kappa shape index (κ2) is 11.4. The van der Waals surface area contributed by atoms with E-state index in [2.05, 4.69) is 5.32 Å². The maximum absolute atomic E-state index is 12.8. The van der Waals surface area contributed by atoms with E-state index >= 15 is 0 Å². The summed E-state index contributed by atoms with van der Waals surface area (Å²) in [7, 11) is 1.53. The summed E-state index contributed by atoms with van der Waals surface area (Å²) in [5.41, 5.74) is 6.93. The number of fused-ring (bicyclic) bond motifs is 1. The number of benzene rings is 1. The molecule has 2 amide bonds. The molecule has 7 heteroatoms. The van der Waals surface area contributed by atoms with Crippen molar-refractivity contribution in [1.29, 1.82) is 0 Å². The Labute approximate surface area is 166 Å². The fourth-order valence-electron chi connectivity index (χ4n) is 3.43. The number of amides is 2. The van der Waals surface area contributed by atoms with Crippen molar-refractivity contribution in [1.82, 2.24) is 10.2 Å². The topological polar surface area (TPSA) is 102 Å². The van der Waals surface area contributed by atoms with E-state index in [1.165, 1.54) is 11.9 Å². The third-order valence-corrected chi connectivity index (χ3v) is 5.01. The SMILES string of the molecule is CNC(=O)C(CCC=O)N1Cc2ccc(OCCCCCCCN)cc2C1=O. The van der Waals surface area contributed by atoms with Crippen molar-refractivity contribution in [2.24, 2.45) is 5.73 Å². The number of nitrogens with zero attached hydrogens (tertiary/aromatic N) is 1. The van der Waals surface area contributed by atoms with Crippen LogP contribution in [0.15, 0.2) is 18.2 Å². The van der Waals surface area contributed by atoms with Crippen LogP contribution in [0.25, 0.3) is 0 Å². The van der Waals surface area contributed by atoms with Crippen LogP contribution in [0.5, 0.6) is 5.75 Å². The first kappa shape index (κ1) is 21.9. The maximum atomic E-state index is 12.8. The molecular formula is C21H31N3O4. The lowest BCUT2D eigenvalue weighted by Gasteiger charge is -2.25. The van der Waals surface area contributed by atoms with E-state index in [0.717, 1.165) is 50.5 Å². The van der Waals surface area contributed by atoms with Crippen LogP contribution in [0.3, 0.4) is 0 Å². The Balaban J connectivity index is 1.94. The maximum Gasteiger partial charge on any atom is 0.255 e. The van der Waals surface area contributed by atoms with Gasteiger partial charge in [0.15, 0.2) is 0 Å². The Kier molecular flexibility index (Phi) is 8.94. The van der Waals surface area contributed by atoms with Gasteiger partial charge < -0.3 is 25.5 Å². The van der Waals surface area contributed by atoms with E-state index in [0.29, 0.717) is 30.9 Å². The minimum atomic E-state index is -0.645. The van der Waals surface area contributed by atoms with Crippen LogP contribution < -0.4 is 15.8 Å². The van der Waals surface area contributed by atoms with Gasteiger partial charge in [0.25, 0.3) is 5.91 Å². The van der Waals surface area contributed by atoms with Gasteiger partial charge in [0.05, 0.1) is 6.61 Å². The van der Waals surface area contributed by atoms with Gasteiger partial charge in [-0.2, -0.15) is 0 Å². The van der Waals surface area contributed by atoms with Crippen molar-refractivity contribution >= 4 is 18.1 Å². The van der Waals surface area contributed by atoms with E-state index in [1.807, 2.05) is 12.1 Å². The third kappa shape index (κ3) is 5.79. The molecule has 1 aliphatic rings. The van der Waals surface area contributed by atoms with Gasteiger partial charge in [-0.25, -0.2) is 0 Å². The van der Waals surface area contributed by atoms with Crippen molar-refractivity contribution in [3.63, 3.8) is 0 Å². The van der Waals surface area contributed by atoms with Gasteiger partial charge in [0.2, 0.25) is 5.91 Å². The fourth-order valence-corrected chi connectivity index (χ4v) is 3.43. The lowest BCUT2D eigenvalue weighted by Crippen LogP contribution is -2.46. The number of aldehydes is 1. The fraction of sp³-hybridized carbons (Fsp3) is 0.571. The number of carbonyl (C=O) groups excluding carboxylic acids is 3. The third-order valence-electron chi connectivity index (χ3n) is 5.01. The van der Waals surface area contributed by atoms with Crippen LogP contribution in [0.2, 0.25) is 0 Å². The molecule has 7 nitrogen and oxygen atoms in total. The van der Waals surface area contributed by atoms with Crippen LogP contribution in [-0.4, -0.2) is 49.2 Å². The van der Waals surface area contributed by atoms with Crippen LogP contribution in [0.1, 0.15) is 60.9 Å². The number of ether oxygens (including phenoxy) is 1. The zero-order chi connectivity index (χ0) is 20.4. The molecule has 1 heterocycles. The van der Waals surface area contributed by atoms with Crippen LogP contribution >= 0.6 is 0 Å². The van der Waals surface area contributed by atoms with Crippen molar-refractivity contribution in [3.8, 4) is 5.75 Å². The Hall–Kier alpha value is -2.41. The largest absolute Gasteiger partial charge is 0.494 e. The van der Waals surface area contributed by atoms with Crippen molar-refractivity contribution in [3.05, 3.63) is 29.3 Å². The van der Waals surface area contributed by atoms with E-state index in [-0.39, 0.29) is 18.2 Å². The lowest BCUT2D eigenvalue weighted by molar-refractivity contribution is -0.125. The molecule has 154 valence electrons. The highest BCUT2D eigenvalue weighted by molar-refractivity contribution is 6.01. The molecule has 1 unspecified atom stereocenters. The highest BCUT2D eigenvalue weighted by Gasteiger charge is 2.35. The number of nitrogens with one attached hydrogen (secondary N) is 1. The van der Waals surface area contributed by atoms with E-state index < -0.39 is 6.04 Å². The molecule has 1 aromatic rings. The number of carbonyl (C=O) groups is 3. The molecule has 0 spiro atoms. The molecule has 0 aromatic heterocycles. The van der Waals surface area contributed by atoms with Crippen LogP contribution in [0, 0.1) is 0 Å². The summed E-state index contributed by atoms with van der Waals surface area (Å²) in [4.78, 5) is 37.3. The standard InChI is InChI=1S/C21H31N3O4/c1-23-20(26)19(8-7-12-25)24-15-16-9-10-17(14-18(16)21(24)27)28-13-6-4-2-3-5-11-22/h9-10,12,14,19H,2-8,11,13,15,22H2,1H3,(H,23,26). The number of hydrogen-bond acceptors (Lipinski definition) is 5. The molecule has 2 rings (SSSR count). The second-order valence-corrected chi connectivity index (χ2v) is 7.03. The first-order valence-electron chi connectivity index (χ1n) is 10.0. The van der Waals surface area contributed by atoms with Gasteiger partial charge in [0.1, 0.15) is 18.1 Å². The first-order chi connectivity index (χ1) is 13.6. The lowest BCUT2D eigenvalue weighted by atomic mass is 10.1. The summed E-state index contributed by atoms with van der Waals surface area (Å²) >= 11 is 0. The highest BCUT2D eigenvalue weighted by atomic mass is 16.5. The molecule has 3 N–H and O–H groups in total. The van der Waals surface area contributed by atoms with Crippen molar-refractivity contribution in [2.75, 3.05) is 20.2 Å².